The van der Waals surface area contributed by atoms with Gasteiger partial charge in [0, 0.05) is 6.54 Å². The largest absolute Gasteiger partial charge is 0.469 e. The van der Waals surface area contributed by atoms with Gasteiger partial charge in [0.15, 0.2) is 0 Å². The van der Waals surface area contributed by atoms with Crippen molar-refractivity contribution in [2.75, 3.05) is 13.7 Å². The van der Waals surface area contributed by atoms with E-state index in [1.54, 1.807) is 6.92 Å². The number of amides is 3. The number of nitrogens with one attached hydrogen (secondary N) is 1. The van der Waals surface area contributed by atoms with Gasteiger partial charge in [-0.15, -0.1) is 0 Å². The van der Waals surface area contributed by atoms with Crippen molar-refractivity contribution in [2.45, 2.75) is 18.9 Å². The second-order valence-electron chi connectivity index (χ2n) is 5.90. The summed E-state index contributed by atoms with van der Waals surface area (Å²) in [4.78, 5) is 37.3. The van der Waals surface area contributed by atoms with Crippen molar-refractivity contribution in [2.24, 2.45) is 0 Å². The Labute approximate surface area is 139 Å². The molecule has 3 rings (SSSR count). The third kappa shape index (κ3) is 2.60. The highest BCUT2D eigenvalue weighted by molar-refractivity contribution is 6.07. The topological polar surface area (TPSA) is 75.7 Å². The van der Waals surface area contributed by atoms with Gasteiger partial charge >= 0.3 is 12.0 Å². The van der Waals surface area contributed by atoms with Crippen molar-refractivity contribution in [1.82, 2.24) is 10.2 Å². The van der Waals surface area contributed by atoms with E-state index in [9.17, 15) is 14.4 Å². The maximum absolute atomic E-state index is 12.8. The molecule has 2 aromatic carbocycles. The van der Waals surface area contributed by atoms with Crippen LogP contribution in [0.1, 0.15) is 18.9 Å². The highest BCUT2D eigenvalue weighted by Gasteiger charge is 2.48. The predicted octanol–water partition coefficient (Wildman–Crippen LogP) is 2.17. The number of methoxy groups -OCH3 is 1. The van der Waals surface area contributed by atoms with E-state index in [0.717, 1.165) is 15.7 Å². The minimum Gasteiger partial charge on any atom is -0.469 e. The summed E-state index contributed by atoms with van der Waals surface area (Å²) in [5, 5.41) is 4.79. The molecule has 1 saturated heterocycles. The second-order valence-corrected chi connectivity index (χ2v) is 5.90. The number of nitrogens with zero attached hydrogens (tertiary/aromatic N) is 1. The van der Waals surface area contributed by atoms with E-state index in [2.05, 4.69) is 10.1 Å². The van der Waals surface area contributed by atoms with Gasteiger partial charge in [-0.05, 0) is 29.3 Å². The molecule has 124 valence electrons. The zero-order chi connectivity index (χ0) is 17.3. The first kappa shape index (κ1) is 16.0. The average molecular weight is 326 g/mol. The summed E-state index contributed by atoms with van der Waals surface area (Å²) in [5.41, 5.74) is -0.433. The van der Waals surface area contributed by atoms with E-state index in [1.165, 1.54) is 7.11 Å². The Hall–Kier alpha value is -2.89. The van der Waals surface area contributed by atoms with Gasteiger partial charge in [-0.1, -0.05) is 36.4 Å². The third-order valence-corrected chi connectivity index (χ3v) is 4.37. The Bertz CT molecular complexity index is 833. The van der Waals surface area contributed by atoms with E-state index in [0.29, 0.717) is 5.56 Å². The highest BCUT2D eigenvalue weighted by Crippen LogP contribution is 2.31. The van der Waals surface area contributed by atoms with Crippen LogP contribution in [-0.2, 0) is 19.9 Å². The monoisotopic (exact) mass is 326 g/mol. The van der Waals surface area contributed by atoms with Crippen molar-refractivity contribution in [3.8, 4) is 0 Å². The number of rotatable bonds is 4. The maximum Gasteiger partial charge on any atom is 0.325 e. The van der Waals surface area contributed by atoms with Crippen LogP contribution < -0.4 is 5.32 Å². The van der Waals surface area contributed by atoms with Gasteiger partial charge in [-0.3, -0.25) is 14.5 Å². The molecule has 2 aromatic rings. The summed E-state index contributed by atoms with van der Waals surface area (Å²) >= 11 is 0. The van der Waals surface area contributed by atoms with Crippen LogP contribution in [0.3, 0.4) is 0 Å². The molecule has 1 N–H and O–H groups in total. The molecule has 6 heteroatoms. The Balaban J connectivity index is 1.90. The van der Waals surface area contributed by atoms with Gasteiger partial charge in [-0.2, -0.15) is 0 Å². The SMILES string of the molecule is COC(=O)CCN1C(=O)N[C@@](C)(c2ccc3ccccc3c2)C1=O. The molecule has 1 fully saturated rings. The first-order valence-electron chi connectivity index (χ1n) is 7.66. The lowest BCUT2D eigenvalue weighted by atomic mass is 9.90. The molecule has 0 unspecified atom stereocenters. The zero-order valence-electron chi connectivity index (χ0n) is 13.5. The standard InChI is InChI=1S/C18H18N2O4/c1-18(14-8-7-12-5-3-4-6-13(12)11-14)16(22)20(17(23)19-18)10-9-15(21)24-2/h3-8,11H,9-10H2,1-2H3,(H,19,23)/t18-/m0/s1. The van der Waals surface area contributed by atoms with Gasteiger partial charge in [-0.25, -0.2) is 4.79 Å². The van der Waals surface area contributed by atoms with E-state index in [4.69, 9.17) is 0 Å². The van der Waals surface area contributed by atoms with E-state index in [-0.39, 0.29) is 18.9 Å². The van der Waals surface area contributed by atoms with E-state index >= 15 is 0 Å². The van der Waals surface area contributed by atoms with Crippen LogP contribution in [0.5, 0.6) is 0 Å². The number of ether oxygens (including phenoxy) is 1. The Morgan fingerprint density at radius 1 is 1.17 bits per heavy atom. The number of carbonyl (C=O) groups excluding carboxylic acids is 3. The predicted molar refractivity (Wildman–Crippen MR) is 88.2 cm³/mol. The number of fused-ring (bicyclic) bond motifs is 1. The van der Waals surface area contributed by atoms with Crippen molar-refractivity contribution in [1.29, 1.82) is 0 Å². The molecule has 0 aliphatic carbocycles. The summed E-state index contributed by atoms with van der Waals surface area (Å²) in [6.07, 6.45) is -0.0243. The van der Waals surface area contributed by atoms with Crippen LogP contribution in [0.4, 0.5) is 4.79 Å². The molecule has 0 bridgehead atoms. The minimum absolute atomic E-state index is 0.000507. The van der Waals surface area contributed by atoms with Crippen LogP contribution in [0.15, 0.2) is 42.5 Å². The lowest BCUT2D eigenvalue weighted by Gasteiger charge is -2.22. The fourth-order valence-electron chi connectivity index (χ4n) is 2.90. The number of benzene rings is 2. The number of hydrogen-bond donors (Lipinski definition) is 1. The number of carbonyl (C=O) groups is 3. The molecule has 24 heavy (non-hydrogen) atoms. The molecule has 1 aliphatic rings. The molecule has 6 nitrogen and oxygen atoms in total. The van der Waals surface area contributed by atoms with Crippen molar-refractivity contribution in [3.63, 3.8) is 0 Å². The lowest BCUT2D eigenvalue weighted by Crippen LogP contribution is -2.41. The number of esters is 1. The van der Waals surface area contributed by atoms with Crippen LogP contribution >= 0.6 is 0 Å². The summed E-state index contributed by atoms with van der Waals surface area (Å²) in [6, 6.07) is 13.0. The smallest absolute Gasteiger partial charge is 0.325 e. The van der Waals surface area contributed by atoms with Gasteiger partial charge < -0.3 is 10.1 Å². The van der Waals surface area contributed by atoms with Crippen LogP contribution in [-0.4, -0.2) is 36.5 Å². The molecule has 0 saturated carbocycles. The fraction of sp³-hybridized carbons (Fsp3) is 0.278. The first-order valence-corrected chi connectivity index (χ1v) is 7.66. The summed E-state index contributed by atoms with van der Waals surface area (Å²) in [5.74, 6) is -0.832. The van der Waals surface area contributed by atoms with Gasteiger partial charge in [0.25, 0.3) is 5.91 Å². The molecule has 0 spiro atoms. The highest BCUT2D eigenvalue weighted by atomic mass is 16.5. The van der Waals surface area contributed by atoms with Crippen LogP contribution in [0.2, 0.25) is 0 Å². The molecular weight excluding hydrogens is 308 g/mol. The van der Waals surface area contributed by atoms with Gasteiger partial charge in [0.2, 0.25) is 0 Å². The molecular formula is C18H18N2O4. The average Bonchev–Trinajstić information content (AvgIpc) is 2.82. The number of imide groups is 1. The summed E-state index contributed by atoms with van der Waals surface area (Å²) in [6.45, 7) is 1.68. The Morgan fingerprint density at radius 2 is 1.88 bits per heavy atom. The van der Waals surface area contributed by atoms with Crippen molar-refractivity contribution < 1.29 is 19.1 Å². The third-order valence-electron chi connectivity index (χ3n) is 4.37. The molecule has 0 aromatic heterocycles. The molecule has 3 amide bonds. The summed E-state index contributed by atoms with van der Waals surface area (Å²) in [7, 11) is 1.27. The Kier molecular flexibility index (Phi) is 3.97. The Morgan fingerprint density at radius 3 is 2.58 bits per heavy atom. The number of urea groups is 1. The molecule has 1 aliphatic heterocycles. The van der Waals surface area contributed by atoms with Gasteiger partial charge in [0.05, 0.1) is 13.5 Å². The second kappa shape index (κ2) is 5.96. The summed E-state index contributed by atoms with van der Waals surface area (Å²) < 4.78 is 4.56. The molecule has 1 heterocycles. The quantitative estimate of drug-likeness (QED) is 0.690. The van der Waals surface area contributed by atoms with Crippen LogP contribution in [0.25, 0.3) is 10.8 Å². The van der Waals surface area contributed by atoms with Crippen molar-refractivity contribution in [3.05, 3.63) is 48.0 Å². The lowest BCUT2D eigenvalue weighted by molar-refractivity contribution is -0.141. The molecule has 0 radical (unpaired) electrons. The van der Waals surface area contributed by atoms with E-state index in [1.807, 2.05) is 42.5 Å². The first-order chi connectivity index (χ1) is 11.5. The molecule has 1 atom stereocenters. The van der Waals surface area contributed by atoms with Gasteiger partial charge in [0.1, 0.15) is 5.54 Å². The van der Waals surface area contributed by atoms with E-state index < -0.39 is 17.5 Å². The normalized spacial score (nSPS) is 20.3. The van der Waals surface area contributed by atoms with Crippen LogP contribution in [0, 0.1) is 0 Å². The minimum atomic E-state index is -1.14. The fourth-order valence-corrected chi connectivity index (χ4v) is 2.90. The zero-order valence-corrected chi connectivity index (χ0v) is 13.5. The van der Waals surface area contributed by atoms with Crippen molar-refractivity contribution >= 4 is 28.7 Å². The maximum atomic E-state index is 12.8. The number of hydrogen-bond acceptors (Lipinski definition) is 4.